The zero-order chi connectivity index (χ0) is 23.1. The second-order valence-corrected chi connectivity index (χ2v) is 9.17. The molecule has 172 valence electrons. The summed E-state index contributed by atoms with van der Waals surface area (Å²) < 4.78 is 5.78. The Morgan fingerprint density at radius 2 is 1.78 bits per heavy atom. The van der Waals surface area contributed by atoms with Crippen molar-refractivity contribution in [2.75, 3.05) is 13.1 Å². The molecule has 32 heavy (non-hydrogen) atoms. The minimum absolute atomic E-state index is 0.180. The number of likely N-dealkylation sites (tertiary alicyclic amines) is 1. The molecule has 0 aliphatic carbocycles. The molecule has 3 rings (SSSR count). The van der Waals surface area contributed by atoms with Crippen LogP contribution in [0.5, 0.6) is 5.75 Å². The van der Waals surface area contributed by atoms with Crippen molar-refractivity contribution in [3.05, 3.63) is 59.9 Å². The van der Waals surface area contributed by atoms with E-state index < -0.39 is 17.7 Å². The minimum atomic E-state index is -1.35. The van der Waals surface area contributed by atoms with E-state index in [2.05, 4.69) is 4.98 Å². The lowest BCUT2D eigenvalue weighted by Crippen LogP contribution is -2.62. The molecule has 2 heterocycles. The molecule has 0 saturated carbocycles. The van der Waals surface area contributed by atoms with E-state index in [0.717, 1.165) is 29.7 Å². The first-order chi connectivity index (χ1) is 15.3. The summed E-state index contributed by atoms with van der Waals surface area (Å²) in [6, 6.07) is 12.5. The summed E-state index contributed by atoms with van der Waals surface area (Å²) in [6.45, 7) is 7.05. The van der Waals surface area contributed by atoms with E-state index in [0.29, 0.717) is 31.1 Å². The topological polar surface area (TPSA) is 85.8 Å². The Kier molecular flexibility index (Phi) is 7.72. The van der Waals surface area contributed by atoms with Gasteiger partial charge in [0.05, 0.1) is 6.20 Å². The summed E-state index contributed by atoms with van der Waals surface area (Å²) in [7, 11) is 0. The van der Waals surface area contributed by atoms with Gasteiger partial charge < -0.3 is 24.4 Å². The summed E-state index contributed by atoms with van der Waals surface area (Å²) in [5.74, 6) is 0.430. The van der Waals surface area contributed by atoms with Crippen molar-refractivity contribution in [3.8, 4) is 5.75 Å². The quantitative estimate of drug-likeness (QED) is 0.663. The number of carbonyl (C=O) groups excluding carboxylic acids is 2. The average Bonchev–Trinajstić information content (AvgIpc) is 2.78. The van der Waals surface area contributed by atoms with Crippen LogP contribution < -0.4 is 9.84 Å². The number of carbonyl (C=O) groups is 2. The highest BCUT2D eigenvalue weighted by Crippen LogP contribution is 2.23. The van der Waals surface area contributed by atoms with Crippen molar-refractivity contribution in [3.63, 3.8) is 0 Å². The molecular weight excluding hydrogens is 406 g/mol. The summed E-state index contributed by atoms with van der Waals surface area (Å²) in [5, 5.41) is 12.0. The highest BCUT2D eigenvalue weighted by atomic mass is 16.5. The zero-order valence-electron chi connectivity index (χ0n) is 19.1. The summed E-state index contributed by atoms with van der Waals surface area (Å²) in [6.07, 6.45) is 3.40. The number of pyridine rings is 1. The molecule has 1 saturated heterocycles. The van der Waals surface area contributed by atoms with Gasteiger partial charge in [0.1, 0.15) is 24.5 Å². The minimum Gasteiger partial charge on any atom is -0.530 e. The smallest absolute Gasteiger partial charge is 0.245 e. The van der Waals surface area contributed by atoms with Gasteiger partial charge in [-0.15, -0.1) is 0 Å². The van der Waals surface area contributed by atoms with Crippen LogP contribution in [0, 0.1) is 0 Å². The third-order valence-corrected chi connectivity index (χ3v) is 5.63. The lowest BCUT2D eigenvalue weighted by atomic mass is 9.98. The maximum Gasteiger partial charge on any atom is 0.245 e. The van der Waals surface area contributed by atoms with Gasteiger partial charge in [-0.05, 0) is 57.7 Å². The van der Waals surface area contributed by atoms with Crippen LogP contribution >= 0.6 is 0 Å². The summed E-state index contributed by atoms with van der Waals surface area (Å²) >= 11 is 0. The van der Waals surface area contributed by atoms with Gasteiger partial charge in [-0.2, -0.15) is 0 Å². The first kappa shape index (κ1) is 23.6. The zero-order valence-corrected chi connectivity index (χ0v) is 19.1. The van der Waals surface area contributed by atoms with Gasteiger partial charge in [-0.3, -0.25) is 9.78 Å². The fraction of sp³-hybridized carbons (Fsp3) is 0.480. The average molecular weight is 439 g/mol. The van der Waals surface area contributed by atoms with Gasteiger partial charge in [0.2, 0.25) is 5.91 Å². The Morgan fingerprint density at radius 3 is 2.34 bits per heavy atom. The Balaban J connectivity index is 1.76. The molecule has 2 amide bonds. The number of nitrogens with zero attached hydrogens (tertiary/aromatic N) is 3. The summed E-state index contributed by atoms with van der Waals surface area (Å²) in [5.41, 5.74) is 0.898. The molecule has 2 aromatic rings. The predicted octanol–water partition coefficient (Wildman–Crippen LogP) is 3.03. The SMILES string of the molecule is CC(C)(C)N(C(=O)[O-])C(Cc1ccc(OCc2ccccc2)cn1)C(=O)N1CCCCC1. The molecule has 1 aliphatic heterocycles. The van der Waals surface area contributed by atoms with Crippen LogP contribution in [0.3, 0.4) is 0 Å². The van der Waals surface area contributed by atoms with Crippen molar-refractivity contribution >= 4 is 12.0 Å². The Labute approximate surface area is 190 Å². The molecule has 1 atom stereocenters. The van der Waals surface area contributed by atoms with E-state index in [9.17, 15) is 14.7 Å². The largest absolute Gasteiger partial charge is 0.530 e. The molecule has 1 aliphatic rings. The van der Waals surface area contributed by atoms with Crippen molar-refractivity contribution < 1.29 is 19.4 Å². The van der Waals surface area contributed by atoms with Crippen LogP contribution in [-0.2, 0) is 17.8 Å². The monoisotopic (exact) mass is 438 g/mol. The van der Waals surface area contributed by atoms with E-state index >= 15 is 0 Å². The number of ether oxygens (including phenoxy) is 1. The third-order valence-electron chi connectivity index (χ3n) is 5.63. The first-order valence-electron chi connectivity index (χ1n) is 11.2. The number of carboxylic acid groups (broad SMARTS) is 1. The molecule has 1 aromatic heterocycles. The Morgan fingerprint density at radius 1 is 1.09 bits per heavy atom. The molecule has 7 heteroatoms. The normalized spacial score (nSPS) is 15.2. The van der Waals surface area contributed by atoms with E-state index in [1.165, 1.54) is 0 Å². The molecule has 1 unspecified atom stereocenters. The fourth-order valence-electron chi connectivity index (χ4n) is 4.04. The maximum absolute atomic E-state index is 13.4. The molecule has 7 nitrogen and oxygen atoms in total. The molecular formula is C25H32N3O4-. The highest BCUT2D eigenvalue weighted by molar-refractivity contribution is 5.85. The van der Waals surface area contributed by atoms with Crippen LogP contribution in [0.2, 0.25) is 0 Å². The Bertz CT molecular complexity index is 888. The van der Waals surface area contributed by atoms with Crippen LogP contribution in [0.25, 0.3) is 0 Å². The number of amides is 2. The maximum atomic E-state index is 13.4. The second kappa shape index (κ2) is 10.5. The molecule has 0 N–H and O–H groups in total. The van der Waals surface area contributed by atoms with Gasteiger partial charge >= 0.3 is 0 Å². The molecule has 0 spiro atoms. The van der Waals surface area contributed by atoms with Crippen LogP contribution in [0.4, 0.5) is 4.79 Å². The van der Waals surface area contributed by atoms with Gasteiger partial charge in [-0.1, -0.05) is 30.3 Å². The van der Waals surface area contributed by atoms with E-state index in [1.54, 1.807) is 44.0 Å². The highest BCUT2D eigenvalue weighted by Gasteiger charge is 2.36. The van der Waals surface area contributed by atoms with Gasteiger partial charge in [0.15, 0.2) is 0 Å². The van der Waals surface area contributed by atoms with Crippen LogP contribution in [0.1, 0.15) is 51.3 Å². The molecule has 1 aromatic carbocycles. The third kappa shape index (κ3) is 6.22. The first-order valence-corrected chi connectivity index (χ1v) is 11.2. The van der Waals surface area contributed by atoms with Gasteiger partial charge in [-0.25, -0.2) is 0 Å². The van der Waals surface area contributed by atoms with Crippen molar-refractivity contribution in [2.45, 2.75) is 64.6 Å². The van der Waals surface area contributed by atoms with Gasteiger partial charge in [0.25, 0.3) is 0 Å². The lowest BCUT2D eigenvalue weighted by Gasteiger charge is -2.44. The standard InChI is InChI=1S/C25H33N3O4/c1-25(2,3)28(24(30)31)22(23(29)27-14-8-5-9-15-27)16-20-12-13-21(17-26-20)32-18-19-10-6-4-7-11-19/h4,6-7,10-13,17,22H,5,8-9,14-16,18H2,1-3H3,(H,30,31)/p-1. The molecule has 0 radical (unpaired) electrons. The number of piperidine rings is 1. The van der Waals surface area contributed by atoms with Crippen LogP contribution in [-0.4, -0.2) is 51.5 Å². The van der Waals surface area contributed by atoms with E-state index in [1.807, 2.05) is 30.3 Å². The fourth-order valence-corrected chi connectivity index (χ4v) is 4.04. The summed E-state index contributed by atoms with van der Waals surface area (Å²) in [4.78, 5) is 32.8. The number of hydrogen-bond acceptors (Lipinski definition) is 5. The molecule has 0 bridgehead atoms. The number of hydrogen-bond donors (Lipinski definition) is 0. The number of benzene rings is 1. The van der Waals surface area contributed by atoms with E-state index in [4.69, 9.17) is 4.74 Å². The van der Waals surface area contributed by atoms with Crippen molar-refractivity contribution in [1.29, 1.82) is 0 Å². The van der Waals surface area contributed by atoms with Crippen molar-refractivity contribution in [2.24, 2.45) is 0 Å². The number of rotatable bonds is 7. The number of aromatic nitrogens is 1. The lowest BCUT2D eigenvalue weighted by molar-refractivity contribution is -0.273. The second-order valence-electron chi connectivity index (χ2n) is 9.17. The predicted molar refractivity (Wildman–Crippen MR) is 120 cm³/mol. The van der Waals surface area contributed by atoms with E-state index in [-0.39, 0.29) is 12.3 Å². The Hall–Kier alpha value is -3.09. The van der Waals surface area contributed by atoms with Crippen LogP contribution in [0.15, 0.2) is 48.7 Å². The van der Waals surface area contributed by atoms with Crippen molar-refractivity contribution in [1.82, 2.24) is 14.8 Å². The molecule has 1 fully saturated rings. The van der Waals surface area contributed by atoms with Gasteiger partial charge in [0, 0.05) is 30.7 Å².